The van der Waals surface area contributed by atoms with Crippen LogP contribution in [0.5, 0.6) is 0 Å². The molecule has 1 atom stereocenters. The van der Waals surface area contributed by atoms with E-state index in [9.17, 15) is 14.4 Å². The number of nitrogens with zero attached hydrogens (tertiary/aromatic N) is 2. The number of H-pyrrole nitrogens is 1. The third-order valence-electron chi connectivity index (χ3n) is 5.14. The summed E-state index contributed by atoms with van der Waals surface area (Å²) >= 11 is 0. The van der Waals surface area contributed by atoms with Gasteiger partial charge in [-0.15, -0.1) is 0 Å². The molecule has 164 valence electrons. The molecule has 8 heteroatoms. The Hall–Kier alpha value is -4.59. The molecule has 0 aliphatic carbocycles. The number of benzene rings is 3. The Labute approximate surface area is 189 Å². The molecule has 1 heterocycles. The Morgan fingerprint density at radius 2 is 1.61 bits per heavy atom. The van der Waals surface area contributed by atoms with Gasteiger partial charge in [0.15, 0.2) is 6.04 Å². The SMILES string of the molecule is Cc1ccccc1/C=N\NC(=O)[C@@H](NC(=O)c1ccccc1)c1n[nH]c(=O)c2ccccc12. The molecule has 0 bridgehead atoms. The molecule has 4 rings (SSSR count). The van der Waals surface area contributed by atoms with E-state index in [4.69, 9.17) is 0 Å². The average Bonchev–Trinajstić information content (AvgIpc) is 2.85. The maximum Gasteiger partial charge on any atom is 0.272 e. The van der Waals surface area contributed by atoms with Gasteiger partial charge < -0.3 is 5.32 Å². The molecule has 0 aliphatic rings. The van der Waals surface area contributed by atoms with Crippen LogP contribution in [0.15, 0.2) is 88.8 Å². The second-order valence-corrected chi connectivity index (χ2v) is 7.35. The summed E-state index contributed by atoms with van der Waals surface area (Å²) in [5.41, 5.74) is 4.52. The van der Waals surface area contributed by atoms with E-state index in [1.165, 1.54) is 6.21 Å². The molecule has 0 radical (unpaired) electrons. The van der Waals surface area contributed by atoms with E-state index in [0.29, 0.717) is 16.3 Å². The maximum atomic E-state index is 13.1. The lowest BCUT2D eigenvalue weighted by Crippen LogP contribution is -2.40. The number of amides is 2. The summed E-state index contributed by atoms with van der Waals surface area (Å²) in [6.07, 6.45) is 1.53. The number of aryl methyl sites for hydroxylation is 1. The number of carbonyl (C=O) groups is 2. The number of hydrogen-bond donors (Lipinski definition) is 3. The zero-order chi connectivity index (χ0) is 23.2. The summed E-state index contributed by atoms with van der Waals surface area (Å²) < 4.78 is 0. The highest BCUT2D eigenvalue weighted by Gasteiger charge is 2.27. The normalized spacial score (nSPS) is 11.9. The first-order valence-corrected chi connectivity index (χ1v) is 10.3. The highest BCUT2D eigenvalue weighted by Crippen LogP contribution is 2.20. The Morgan fingerprint density at radius 1 is 0.939 bits per heavy atom. The molecule has 3 N–H and O–H groups in total. The third-order valence-corrected chi connectivity index (χ3v) is 5.14. The van der Waals surface area contributed by atoms with Crippen LogP contribution >= 0.6 is 0 Å². The van der Waals surface area contributed by atoms with E-state index in [0.717, 1.165) is 11.1 Å². The van der Waals surface area contributed by atoms with Crippen molar-refractivity contribution in [1.29, 1.82) is 0 Å². The van der Waals surface area contributed by atoms with Gasteiger partial charge in [-0.2, -0.15) is 10.2 Å². The first-order chi connectivity index (χ1) is 16.0. The number of rotatable bonds is 6. The Kier molecular flexibility index (Phi) is 6.36. The quantitative estimate of drug-likeness (QED) is 0.316. The van der Waals surface area contributed by atoms with Crippen LogP contribution < -0.4 is 16.3 Å². The first kappa shape index (κ1) is 21.6. The van der Waals surface area contributed by atoms with Crippen molar-refractivity contribution in [3.63, 3.8) is 0 Å². The summed E-state index contributed by atoms with van der Waals surface area (Å²) in [5.74, 6) is -1.07. The van der Waals surface area contributed by atoms with Crippen LogP contribution in [0.3, 0.4) is 0 Å². The van der Waals surface area contributed by atoms with Crippen molar-refractivity contribution in [2.24, 2.45) is 5.10 Å². The summed E-state index contributed by atoms with van der Waals surface area (Å²) in [6, 6.07) is 21.7. The molecule has 0 saturated carbocycles. The predicted molar refractivity (Wildman–Crippen MR) is 126 cm³/mol. The zero-order valence-corrected chi connectivity index (χ0v) is 17.8. The number of aromatic amines is 1. The minimum absolute atomic E-state index is 0.207. The predicted octanol–water partition coefficient (Wildman–Crippen LogP) is 2.85. The van der Waals surface area contributed by atoms with E-state index in [-0.39, 0.29) is 11.3 Å². The number of hydrazone groups is 1. The Balaban J connectivity index is 1.68. The second kappa shape index (κ2) is 9.69. The highest BCUT2D eigenvalue weighted by molar-refractivity contribution is 5.99. The van der Waals surface area contributed by atoms with Crippen molar-refractivity contribution in [1.82, 2.24) is 20.9 Å². The maximum absolute atomic E-state index is 13.1. The summed E-state index contributed by atoms with van der Waals surface area (Å²) in [7, 11) is 0. The fraction of sp³-hybridized carbons (Fsp3) is 0.0800. The van der Waals surface area contributed by atoms with E-state index < -0.39 is 17.9 Å². The van der Waals surface area contributed by atoms with Crippen LogP contribution in [-0.2, 0) is 4.79 Å². The monoisotopic (exact) mass is 439 g/mol. The fourth-order valence-corrected chi connectivity index (χ4v) is 3.38. The number of hydrogen-bond acceptors (Lipinski definition) is 5. The molecule has 3 aromatic carbocycles. The van der Waals surface area contributed by atoms with E-state index >= 15 is 0 Å². The number of aromatic nitrogens is 2. The lowest BCUT2D eigenvalue weighted by atomic mass is 10.0. The fourth-order valence-electron chi connectivity index (χ4n) is 3.38. The molecule has 0 saturated heterocycles. The van der Waals surface area contributed by atoms with Crippen molar-refractivity contribution in [2.75, 3.05) is 0 Å². The van der Waals surface area contributed by atoms with Crippen molar-refractivity contribution in [3.8, 4) is 0 Å². The standard InChI is InChI=1S/C25H21N5O3/c1-16-9-5-6-12-18(16)15-26-29-25(33)22(27-23(31)17-10-3-2-4-11-17)21-19-13-7-8-14-20(19)24(32)30-28-21/h2-15,22H,1H3,(H,27,31)(H,29,33)(H,30,32)/b26-15-/t22-/m0/s1. The van der Waals surface area contributed by atoms with Crippen LogP contribution in [0.1, 0.15) is 33.2 Å². The van der Waals surface area contributed by atoms with Crippen LogP contribution in [0, 0.1) is 6.92 Å². The zero-order valence-electron chi connectivity index (χ0n) is 17.8. The minimum atomic E-state index is -1.20. The average molecular weight is 439 g/mol. The molecule has 33 heavy (non-hydrogen) atoms. The van der Waals surface area contributed by atoms with Crippen molar-refractivity contribution >= 4 is 28.8 Å². The number of nitrogens with one attached hydrogen (secondary N) is 3. The molecule has 2 amide bonds. The van der Waals surface area contributed by atoms with Crippen molar-refractivity contribution < 1.29 is 9.59 Å². The largest absolute Gasteiger partial charge is 0.335 e. The molecule has 0 unspecified atom stereocenters. The third kappa shape index (κ3) is 4.85. The van der Waals surface area contributed by atoms with Crippen LogP contribution in [0.4, 0.5) is 0 Å². The summed E-state index contributed by atoms with van der Waals surface area (Å²) in [4.78, 5) is 38.2. The molecule has 1 aromatic heterocycles. The summed E-state index contributed by atoms with van der Waals surface area (Å²) in [5, 5.41) is 14.1. The van der Waals surface area contributed by atoms with Crippen molar-refractivity contribution in [3.05, 3.63) is 112 Å². The van der Waals surface area contributed by atoms with E-state index in [1.54, 1.807) is 54.6 Å². The molecular formula is C25H21N5O3. The highest BCUT2D eigenvalue weighted by atomic mass is 16.2. The molecular weight excluding hydrogens is 418 g/mol. The topological polar surface area (TPSA) is 116 Å². The van der Waals surface area contributed by atoms with E-state index in [1.807, 2.05) is 31.2 Å². The van der Waals surface area contributed by atoms with Crippen LogP contribution in [-0.4, -0.2) is 28.2 Å². The van der Waals surface area contributed by atoms with Gasteiger partial charge in [-0.3, -0.25) is 14.4 Å². The van der Waals surface area contributed by atoms with Gasteiger partial charge in [0.2, 0.25) is 0 Å². The molecule has 0 aliphatic heterocycles. The van der Waals surface area contributed by atoms with Gasteiger partial charge in [0.25, 0.3) is 17.4 Å². The number of fused-ring (bicyclic) bond motifs is 1. The van der Waals surface area contributed by atoms with Crippen molar-refractivity contribution in [2.45, 2.75) is 13.0 Å². The number of carbonyl (C=O) groups excluding carboxylic acids is 2. The smallest absolute Gasteiger partial charge is 0.272 e. The van der Waals surface area contributed by atoms with Crippen LogP contribution in [0.25, 0.3) is 10.8 Å². The van der Waals surface area contributed by atoms with E-state index in [2.05, 4.69) is 26.0 Å². The second-order valence-electron chi connectivity index (χ2n) is 7.35. The van der Waals surface area contributed by atoms with Gasteiger partial charge in [-0.05, 0) is 36.2 Å². The molecule has 4 aromatic rings. The Morgan fingerprint density at radius 3 is 2.36 bits per heavy atom. The lowest BCUT2D eigenvalue weighted by molar-refractivity contribution is -0.123. The van der Waals surface area contributed by atoms with Gasteiger partial charge in [-0.25, -0.2) is 10.5 Å². The van der Waals surface area contributed by atoms with Gasteiger partial charge in [0.05, 0.1) is 11.6 Å². The van der Waals surface area contributed by atoms with Gasteiger partial charge in [0, 0.05) is 10.9 Å². The van der Waals surface area contributed by atoms with Crippen LogP contribution in [0.2, 0.25) is 0 Å². The molecule has 0 spiro atoms. The lowest BCUT2D eigenvalue weighted by Gasteiger charge is -2.18. The minimum Gasteiger partial charge on any atom is -0.335 e. The molecule has 8 nitrogen and oxygen atoms in total. The molecule has 0 fully saturated rings. The van der Waals surface area contributed by atoms with Gasteiger partial charge in [0.1, 0.15) is 5.69 Å². The van der Waals surface area contributed by atoms with Gasteiger partial charge >= 0.3 is 0 Å². The summed E-state index contributed by atoms with van der Waals surface area (Å²) in [6.45, 7) is 1.93. The Bertz CT molecular complexity index is 1400. The first-order valence-electron chi connectivity index (χ1n) is 10.3. The van der Waals surface area contributed by atoms with Gasteiger partial charge in [-0.1, -0.05) is 60.7 Å².